The third kappa shape index (κ3) is 20.8. The Bertz CT molecular complexity index is 5880. The number of hydrogen-bond donors (Lipinski definition) is 1. The Morgan fingerprint density at radius 1 is 0.590 bits per heavy atom. The van der Waals surface area contributed by atoms with Gasteiger partial charge in [-0.05, 0) is 164 Å². The maximum atomic E-state index is 13.7. The number of carbonyl (C=O) groups excluding carboxylic acids is 5. The summed E-state index contributed by atoms with van der Waals surface area (Å²) in [6, 6.07) is 43.8. The Hall–Kier alpha value is -14.0. The lowest BCUT2D eigenvalue weighted by molar-refractivity contribution is -0.183. The molecule has 33 nitrogen and oxygen atoms in total. The molecule has 6 aromatic carbocycles. The molecule has 0 aromatic heterocycles. The summed E-state index contributed by atoms with van der Waals surface area (Å²) in [4.78, 5) is 117. The second-order valence-corrected chi connectivity index (χ2v) is 30.5. The average Bonchev–Trinajstić information content (AvgIpc) is 1.56. The lowest BCUT2D eigenvalue weighted by atomic mass is 9.78. The number of aromatic nitrogens is 2. The van der Waals surface area contributed by atoms with Gasteiger partial charge in [0.2, 0.25) is 11.8 Å². The van der Waals surface area contributed by atoms with Crippen LogP contribution in [0.1, 0.15) is 90.5 Å². The molecule has 6 aromatic rings. The van der Waals surface area contributed by atoms with Crippen molar-refractivity contribution < 1.29 is 85.0 Å². The molecular weight excluding hydrogens is 1570 g/mol. The Kier molecular flexibility index (Phi) is 27.8. The number of benzene rings is 8. The van der Waals surface area contributed by atoms with Crippen LogP contribution >= 0.6 is 0 Å². The summed E-state index contributed by atoms with van der Waals surface area (Å²) in [5.74, 6) is 3.61. The SMILES string of the molecule is CC(C)[C@H]1C(=O)N[C@@H]1CC(=O)C(=[N+]=[N-])C(=O)N(C)OCc1ccc(N=[N+]=[N-])cc1.COc1cc(COc2ccc3nc4ccc(=O)cc-4oc3c2)ccc1OC/C=C/B1OC(C)(C)C(C)(C)O1.COc1cc(COc2ccc3nc4ccc(=O)cc-4oc3c2)ccc1OC/C=C/C1=C(C(=O)N(C)OCc2ccc(N=[N+]=[N-])cc2)N2C(=O)[C@H](C(C)C)[C@H]2C1. The van der Waals surface area contributed by atoms with Crippen molar-refractivity contribution in [2.45, 2.75) is 118 Å². The summed E-state index contributed by atoms with van der Waals surface area (Å²) in [5.41, 5.74) is 33.2. The van der Waals surface area contributed by atoms with Crippen molar-refractivity contribution in [3.8, 4) is 57.4 Å². The molecule has 4 amide bonds. The molecule has 0 spiro atoms. The highest BCUT2D eigenvalue weighted by atomic mass is 16.7. The van der Waals surface area contributed by atoms with Crippen LogP contribution in [-0.4, -0.2) is 137 Å². The third-order valence-corrected chi connectivity index (χ3v) is 21.0. The summed E-state index contributed by atoms with van der Waals surface area (Å²) in [6.45, 7) is 17.0. The van der Waals surface area contributed by atoms with Crippen molar-refractivity contribution in [3.05, 3.63) is 262 Å². The molecule has 3 saturated heterocycles. The van der Waals surface area contributed by atoms with Crippen molar-refractivity contribution in [1.29, 1.82) is 0 Å². The van der Waals surface area contributed by atoms with E-state index in [9.17, 15) is 33.6 Å². The van der Waals surface area contributed by atoms with Crippen LogP contribution in [0, 0.1) is 23.7 Å². The van der Waals surface area contributed by atoms with Gasteiger partial charge in [0.05, 0.1) is 43.3 Å². The largest absolute Gasteiger partial charge is 0.493 e. The van der Waals surface area contributed by atoms with E-state index in [1.807, 2.05) is 122 Å². The Balaban J connectivity index is 0.000000177. The number of azide groups is 2. The van der Waals surface area contributed by atoms with Crippen molar-refractivity contribution in [3.63, 3.8) is 0 Å². The molecule has 0 radical (unpaired) electrons. The van der Waals surface area contributed by atoms with Gasteiger partial charge in [0.25, 0.3) is 11.7 Å². The molecular formula is C88H89BN14O19. The van der Waals surface area contributed by atoms with E-state index in [2.05, 4.69) is 40.1 Å². The number of nitrogens with one attached hydrogen (secondary N) is 1. The van der Waals surface area contributed by atoms with Crippen LogP contribution in [0.15, 0.2) is 222 Å². The van der Waals surface area contributed by atoms with Gasteiger partial charge in [-0.15, -0.1) is 0 Å². The fourth-order valence-electron chi connectivity index (χ4n) is 13.9. The number of allylic oxidation sites excluding steroid dienone is 1. The molecule has 8 aliphatic rings. The first kappa shape index (κ1) is 87.4. The van der Waals surface area contributed by atoms with Gasteiger partial charge < -0.3 is 62.3 Å². The lowest BCUT2D eigenvalue weighted by Crippen LogP contribution is -2.61. The van der Waals surface area contributed by atoms with Crippen LogP contribution in [0.4, 0.5) is 11.4 Å². The molecule has 122 heavy (non-hydrogen) atoms. The first-order valence-corrected chi connectivity index (χ1v) is 39.0. The minimum atomic E-state index is -0.907. The summed E-state index contributed by atoms with van der Waals surface area (Å²) >= 11 is 0. The molecule has 6 heterocycles. The van der Waals surface area contributed by atoms with E-state index in [1.54, 1.807) is 110 Å². The van der Waals surface area contributed by atoms with Gasteiger partial charge in [0.15, 0.2) is 56.5 Å². The van der Waals surface area contributed by atoms with Crippen LogP contribution in [-0.2, 0) is 69.4 Å². The quantitative estimate of drug-likeness (QED) is 0.00485. The number of nitrogens with zero attached hydrogens (tertiary/aromatic N) is 13. The van der Waals surface area contributed by atoms with Crippen LogP contribution in [0.2, 0.25) is 0 Å². The summed E-state index contributed by atoms with van der Waals surface area (Å²) in [6.07, 6.45) is 5.92. The van der Waals surface area contributed by atoms with E-state index < -0.39 is 36.5 Å². The molecule has 4 atom stereocenters. The van der Waals surface area contributed by atoms with Gasteiger partial charge >= 0.3 is 18.7 Å². The molecule has 2 aliphatic carbocycles. The number of carbonyl (C=O) groups is 5. The molecule has 34 heteroatoms. The minimum absolute atomic E-state index is 0.000206. The van der Waals surface area contributed by atoms with E-state index in [1.165, 1.54) is 38.4 Å². The Morgan fingerprint density at radius 2 is 1.07 bits per heavy atom. The first-order chi connectivity index (χ1) is 58.5. The van der Waals surface area contributed by atoms with Gasteiger partial charge in [-0.2, -0.15) is 4.79 Å². The summed E-state index contributed by atoms with van der Waals surface area (Å²) in [5, 5.41) is 11.6. The number of hydroxylamine groups is 4. The normalized spacial score (nSPS) is 16.6. The smallest absolute Gasteiger partial charge is 0.486 e. The van der Waals surface area contributed by atoms with Crippen molar-refractivity contribution >= 4 is 75.8 Å². The summed E-state index contributed by atoms with van der Waals surface area (Å²) < 4.78 is 58.8. The number of rotatable bonds is 31. The fraction of sp³-hybridized carbons (Fsp3) is 0.318. The van der Waals surface area contributed by atoms with Crippen molar-refractivity contribution in [1.82, 2.24) is 30.3 Å². The highest BCUT2D eigenvalue weighted by Crippen LogP contribution is 2.47. The van der Waals surface area contributed by atoms with Crippen LogP contribution in [0.25, 0.3) is 71.5 Å². The summed E-state index contributed by atoms with van der Waals surface area (Å²) in [7, 11) is 5.56. The molecule has 3 fully saturated rings. The number of amides is 4. The van der Waals surface area contributed by atoms with Gasteiger partial charge in [-0.1, -0.05) is 117 Å². The molecule has 0 saturated carbocycles. The maximum Gasteiger partial charge on any atom is 0.486 e. The highest BCUT2D eigenvalue weighted by molar-refractivity contribution is 6.63. The number of ketones is 1. The number of methoxy groups -OCH3 is 2. The zero-order valence-corrected chi connectivity index (χ0v) is 69.1. The molecule has 6 aliphatic heterocycles. The Labute approximate surface area is 700 Å². The highest BCUT2D eigenvalue weighted by Gasteiger charge is 2.56. The van der Waals surface area contributed by atoms with Crippen LogP contribution in [0.5, 0.6) is 34.5 Å². The average molecular weight is 1660 g/mol. The molecule has 0 bridgehead atoms. The number of likely N-dealkylation sites (N-methyl/N-ethyl adjacent to an activating group) is 1. The monoisotopic (exact) mass is 1660 g/mol. The van der Waals surface area contributed by atoms with Gasteiger partial charge in [0, 0.05) is 72.0 Å². The third-order valence-electron chi connectivity index (χ3n) is 21.0. The fourth-order valence-corrected chi connectivity index (χ4v) is 13.9. The van der Waals surface area contributed by atoms with Gasteiger partial charge in [-0.25, -0.2) is 20.1 Å². The number of Topliss-reactive ketones (excluding diaryl/α,β-unsaturated/α-hetero) is 1. The Morgan fingerprint density at radius 3 is 1.54 bits per heavy atom. The van der Waals surface area contributed by atoms with E-state index in [-0.39, 0.29) is 96.4 Å². The predicted octanol–water partition coefficient (Wildman–Crippen LogP) is 14.9. The molecule has 14 rings (SSSR count). The van der Waals surface area contributed by atoms with Crippen molar-refractivity contribution in [2.24, 2.45) is 33.9 Å². The molecule has 1 N–H and O–H groups in total. The maximum absolute atomic E-state index is 13.7. The standard InChI is InChI=1S/C41H38N6O8.C29H30BNO7.C18H21N7O4/c1-24(2)38-33-19-27(39(47(33)40(38)49)41(50)46(3)54-23-25-7-10-28(11-8-25)44-45-42)6-5-17-52-34-16-9-26(18-37(34)51-4)22-53-30-13-15-32-36(21-30)55-35-20-29(48)12-14-31(35)43-32;1-28(2)29(3,4)38-30(37-28)13-6-14-34-24-12-7-19(15-27(24)33-5)18-35-21-9-11-23-26(17-21)36-25-16-20(32)8-10-22(25)31-23;1-10(2)15-13(21-17(15)27)8-14(26)16(22-19)18(28)25(3)29-9-11-4-6-12(7-5-11)23-24-20/h5-16,18,20-21,24,33,38H,17,19,22-23H2,1-4H3;6-13,15-17H,14,18H2,1-5H3;4-7,10,13,15H,8-9H2,1-3H3,(H,21,27)/b6-5+;13-6+;/t33-,38-;;13-,15-/m1.1/s1. The number of β-lactam (4-membered cyclic amide) rings is 2. The van der Waals surface area contributed by atoms with E-state index in [0.29, 0.717) is 122 Å². The van der Waals surface area contributed by atoms with E-state index in [0.717, 1.165) is 32.4 Å². The van der Waals surface area contributed by atoms with Gasteiger partial charge in [-0.3, -0.25) is 43.2 Å². The van der Waals surface area contributed by atoms with Crippen LogP contribution < -0.4 is 44.6 Å². The second-order valence-electron chi connectivity index (χ2n) is 30.5. The molecule has 628 valence electrons. The second kappa shape index (κ2) is 38.8. The topological polar surface area (TPSA) is 420 Å². The number of ether oxygens (including phenoxy) is 6. The lowest BCUT2D eigenvalue weighted by Gasteiger charge is -2.46. The number of fused-ring (bicyclic) bond motifs is 5. The zero-order chi connectivity index (χ0) is 87.1. The van der Waals surface area contributed by atoms with Crippen LogP contribution in [0.3, 0.4) is 0 Å². The molecule has 0 unspecified atom stereocenters. The predicted molar refractivity (Wildman–Crippen MR) is 449 cm³/mol. The first-order valence-electron chi connectivity index (χ1n) is 39.0. The van der Waals surface area contributed by atoms with E-state index in [4.69, 9.17) is 72.8 Å². The van der Waals surface area contributed by atoms with E-state index >= 15 is 0 Å². The van der Waals surface area contributed by atoms with Gasteiger partial charge in [0.1, 0.15) is 79.3 Å². The minimum Gasteiger partial charge on any atom is -0.493 e. The number of hydrogen-bond acceptors (Lipinski definition) is 23. The van der Waals surface area contributed by atoms with Crippen molar-refractivity contribution in [2.75, 3.05) is 41.5 Å². The zero-order valence-electron chi connectivity index (χ0n) is 69.1.